The second kappa shape index (κ2) is 12.7. The summed E-state index contributed by atoms with van der Waals surface area (Å²) >= 11 is 5.26. The molecule has 17 heteroatoms. The summed E-state index contributed by atoms with van der Waals surface area (Å²) in [4.78, 5) is 66.3. The first-order chi connectivity index (χ1) is 19.0. The maximum atomic E-state index is 13.4. The highest BCUT2D eigenvalue weighted by molar-refractivity contribution is 8.01. The Balaban J connectivity index is 1.53. The summed E-state index contributed by atoms with van der Waals surface area (Å²) in [5.74, 6) is -1.75. The molecule has 2 aromatic rings. The van der Waals surface area contributed by atoms with Gasteiger partial charge in [-0.25, -0.2) is 14.8 Å². The van der Waals surface area contributed by atoms with Crippen molar-refractivity contribution in [2.45, 2.75) is 49.7 Å². The molecule has 4 rings (SSSR count). The minimum atomic E-state index is -1.19. The highest BCUT2D eigenvalue weighted by Crippen LogP contribution is 2.42. The van der Waals surface area contributed by atoms with E-state index in [1.807, 2.05) is 0 Å². The van der Waals surface area contributed by atoms with E-state index in [1.54, 1.807) is 31.7 Å². The Morgan fingerprint density at radius 1 is 1.27 bits per heavy atom. The first-order valence-corrected chi connectivity index (χ1v) is 15.5. The maximum Gasteiger partial charge on any atom is 0.358 e. The van der Waals surface area contributed by atoms with Gasteiger partial charge in [0.1, 0.15) is 36.2 Å². The second-order valence-corrected chi connectivity index (χ2v) is 13.3. The fourth-order valence-corrected chi connectivity index (χ4v) is 7.02. The van der Waals surface area contributed by atoms with E-state index >= 15 is 0 Å². The van der Waals surface area contributed by atoms with Crippen molar-refractivity contribution < 1.29 is 33.5 Å². The van der Waals surface area contributed by atoms with Crippen LogP contribution in [0.4, 0.5) is 0 Å². The van der Waals surface area contributed by atoms with Crippen molar-refractivity contribution in [3.63, 3.8) is 0 Å². The molecule has 13 nitrogen and oxygen atoms in total. The zero-order valence-corrected chi connectivity index (χ0v) is 25.4. The van der Waals surface area contributed by atoms with Crippen molar-refractivity contribution >= 4 is 75.9 Å². The number of fused-ring (bicyclic) bond motifs is 1. The third-order valence-corrected chi connectivity index (χ3v) is 9.28. The Morgan fingerprint density at radius 2 is 2.05 bits per heavy atom. The van der Waals surface area contributed by atoms with E-state index in [1.165, 1.54) is 71.7 Å². The molecule has 1 N–H and O–H groups in total. The smallest absolute Gasteiger partial charge is 0.358 e. The molecule has 2 aliphatic rings. The number of amides is 2. The quantitative estimate of drug-likeness (QED) is 0.102. The van der Waals surface area contributed by atoms with Crippen molar-refractivity contribution in [1.82, 2.24) is 24.6 Å². The predicted molar refractivity (Wildman–Crippen MR) is 149 cm³/mol. The van der Waals surface area contributed by atoms with E-state index in [0.29, 0.717) is 27.1 Å². The molecule has 2 aliphatic heterocycles. The molecule has 0 saturated carbocycles. The van der Waals surface area contributed by atoms with Crippen LogP contribution < -0.4 is 5.32 Å². The van der Waals surface area contributed by atoms with E-state index < -0.39 is 46.9 Å². The number of nitrogens with zero attached hydrogens (tertiary/aromatic N) is 5. The highest BCUT2D eigenvalue weighted by atomic mass is 32.2. The lowest BCUT2D eigenvalue weighted by Gasteiger charge is -2.49. The number of β-lactam (4-membered cyclic amide) rings is 1. The molecule has 3 atom stereocenters. The monoisotopic (exact) mass is 626 g/mol. The van der Waals surface area contributed by atoms with E-state index in [2.05, 4.69) is 24.8 Å². The number of ether oxygens (including phenoxy) is 2. The molecular weight excluding hydrogens is 601 g/mol. The number of nitrogens with one attached hydrogen (secondary N) is 1. The number of carbonyl (C=O) groups is 4. The number of carbonyl (C=O) groups excluding carboxylic acids is 4. The van der Waals surface area contributed by atoms with E-state index in [4.69, 9.17) is 14.3 Å². The fraction of sp³-hybridized carbons (Fsp3) is 0.478. The number of hydrogen-bond acceptors (Lipinski definition) is 15. The van der Waals surface area contributed by atoms with E-state index in [-0.39, 0.29) is 11.4 Å². The molecule has 40 heavy (non-hydrogen) atoms. The lowest BCUT2D eigenvalue weighted by molar-refractivity contribution is -0.190. The zero-order valence-electron chi connectivity index (χ0n) is 22.1. The third kappa shape index (κ3) is 6.64. The fourth-order valence-electron chi connectivity index (χ4n) is 3.55. The lowest BCUT2D eigenvalue weighted by atomic mass is 9.97. The Hall–Kier alpha value is -3.02. The number of oxime groups is 1. The Kier molecular flexibility index (Phi) is 9.48. The Labute approximate surface area is 246 Å². The summed E-state index contributed by atoms with van der Waals surface area (Å²) in [6.07, 6.45) is 0.251. The van der Waals surface area contributed by atoms with Crippen LogP contribution in [0.15, 0.2) is 38.0 Å². The van der Waals surface area contributed by atoms with Gasteiger partial charge in [0.15, 0.2) is 10.1 Å². The molecule has 4 heterocycles. The van der Waals surface area contributed by atoms with Crippen molar-refractivity contribution in [2.75, 3.05) is 18.6 Å². The number of thioether (sulfide) groups is 2. The van der Waals surface area contributed by atoms with E-state index in [9.17, 15) is 19.2 Å². The van der Waals surface area contributed by atoms with Crippen LogP contribution in [0.2, 0.25) is 0 Å². The zero-order chi connectivity index (χ0) is 29.0. The first-order valence-electron chi connectivity index (χ1n) is 11.8. The minimum Gasteiger partial charge on any atom is -0.425 e. The van der Waals surface area contributed by atoms with Crippen LogP contribution >= 0.6 is 46.4 Å². The van der Waals surface area contributed by atoms with Gasteiger partial charge in [0.25, 0.3) is 11.8 Å². The number of esters is 2. The largest absolute Gasteiger partial charge is 0.425 e. The third-order valence-electron chi connectivity index (χ3n) is 5.47. The first kappa shape index (κ1) is 30.0. The molecular formula is C23H26N6O7S4. The molecule has 0 radical (unpaired) electrons. The molecule has 0 spiro atoms. The SMILES string of the molecule is CO/N=C(\C(=O)NC1C(=O)N2C(C(=O)OC(C)OC(=O)C(C)(C)C)=C(CSc3ncns3)CSC12)c1cscn1. The standard InChI is InChI=1S/C23H26N6O7S4/c1-11(36-21(33)23(2,3)4)35-20(32)16-12(7-39-22-24-9-26-40-22)6-38-19-15(18(31)29(16)19)27-17(30)14(28-34-5)13-8-37-10-25-13/h8-11,15,19H,6-7H2,1-5H3,(H,27,30)/b28-14-. The molecule has 3 unspecified atom stereocenters. The van der Waals surface area contributed by atoms with Crippen molar-refractivity contribution in [1.29, 1.82) is 0 Å². The van der Waals surface area contributed by atoms with Gasteiger partial charge in [-0.15, -0.1) is 23.1 Å². The van der Waals surface area contributed by atoms with Gasteiger partial charge in [-0.1, -0.05) is 16.9 Å². The van der Waals surface area contributed by atoms with E-state index in [0.717, 1.165) is 0 Å². The summed E-state index contributed by atoms with van der Waals surface area (Å²) in [5.41, 5.74) is 1.68. The van der Waals surface area contributed by atoms with Crippen LogP contribution in [-0.2, 0) is 33.5 Å². The van der Waals surface area contributed by atoms with Crippen LogP contribution in [0.3, 0.4) is 0 Å². The topological polar surface area (TPSA) is 162 Å². The van der Waals surface area contributed by atoms with Gasteiger partial charge in [-0.3, -0.25) is 19.3 Å². The number of rotatable bonds is 10. The summed E-state index contributed by atoms with van der Waals surface area (Å²) < 4.78 is 15.4. The molecule has 1 saturated heterocycles. The van der Waals surface area contributed by atoms with Crippen LogP contribution in [0.5, 0.6) is 0 Å². The number of aromatic nitrogens is 3. The highest BCUT2D eigenvalue weighted by Gasteiger charge is 2.55. The summed E-state index contributed by atoms with van der Waals surface area (Å²) in [7, 11) is 1.30. The lowest BCUT2D eigenvalue weighted by Crippen LogP contribution is -2.71. The predicted octanol–water partition coefficient (Wildman–Crippen LogP) is 2.27. The molecule has 1 fully saturated rings. The van der Waals surface area contributed by atoms with Gasteiger partial charge in [0.05, 0.1) is 10.9 Å². The molecule has 214 valence electrons. The molecule has 0 bridgehead atoms. The van der Waals surface area contributed by atoms with Gasteiger partial charge in [0, 0.05) is 23.8 Å². The van der Waals surface area contributed by atoms with Gasteiger partial charge >= 0.3 is 11.9 Å². The van der Waals surface area contributed by atoms with Crippen LogP contribution in [0, 0.1) is 5.41 Å². The molecule has 2 aromatic heterocycles. The minimum absolute atomic E-state index is 0.0557. The van der Waals surface area contributed by atoms with Gasteiger partial charge < -0.3 is 19.6 Å². The summed E-state index contributed by atoms with van der Waals surface area (Å²) in [5, 5.41) is 7.52. The van der Waals surface area contributed by atoms with Gasteiger partial charge in [-0.05, 0) is 37.9 Å². The van der Waals surface area contributed by atoms with Crippen molar-refractivity contribution in [3.05, 3.63) is 34.2 Å². The molecule has 2 amide bonds. The van der Waals surface area contributed by atoms with Crippen LogP contribution in [0.25, 0.3) is 0 Å². The van der Waals surface area contributed by atoms with Gasteiger partial charge in [0.2, 0.25) is 6.29 Å². The number of thiazole rings is 1. The Bertz CT molecular complexity index is 1320. The maximum absolute atomic E-state index is 13.4. The van der Waals surface area contributed by atoms with Crippen LogP contribution in [0.1, 0.15) is 33.4 Å². The summed E-state index contributed by atoms with van der Waals surface area (Å²) in [6.45, 7) is 6.48. The Morgan fingerprint density at radius 3 is 2.67 bits per heavy atom. The van der Waals surface area contributed by atoms with Crippen LogP contribution in [-0.4, -0.2) is 85.0 Å². The van der Waals surface area contributed by atoms with Crippen molar-refractivity contribution in [3.8, 4) is 0 Å². The van der Waals surface area contributed by atoms with Gasteiger partial charge in [-0.2, -0.15) is 4.37 Å². The molecule has 0 aliphatic carbocycles. The average Bonchev–Trinajstić information content (AvgIpc) is 3.62. The second-order valence-electron chi connectivity index (χ2n) is 9.43. The van der Waals surface area contributed by atoms with Crippen molar-refractivity contribution in [2.24, 2.45) is 10.6 Å². The summed E-state index contributed by atoms with van der Waals surface area (Å²) in [6, 6.07) is -0.922. The number of hydrogen-bond donors (Lipinski definition) is 1. The molecule has 0 aromatic carbocycles. The average molecular weight is 627 g/mol. The normalized spacial score (nSPS) is 19.9.